The van der Waals surface area contributed by atoms with Crippen LogP contribution in [0.15, 0.2) is 59.5 Å². The van der Waals surface area contributed by atoms with Gasteiger partial charge in [0.1, 0.15) is 5.69 Å². The van der Waals surface area contributed by atoms with Crippen LogP contribution in [0.4, 0.5) is 11.4 Å². The molecule has 0 amide bonds. The molecule has 0 radical (unpaired) electrons. The van der Waals surface area contributed by atoms with Gasteiger partial charge in [0.05, 0.1) is 28.7 Å². The number of anilines is 1. The summed E-state index contributed by atoms with van der Waals surface area (Å²) in [7, 11) is -3.73. The second-order valence-electron chi connectivity index (χ2n) is 10.6. The fraction of sp³-hybridized carbons (Fsp3) is 0.407. The molecular weight excluding hydrogens is 558 g/mol. The summed E-state index contributed by atoms with van der Waals surface area (Å²) in [6.45, 7) is 5.16. The second kappa shape index (κ2) is 10.8. The van der Waals surface area contributed by atoms with Crippen LogP contribution in [0.1, 0.15) is 37.5 Å². The van der Waals surface area contributed by atoms with Gasteiger partial charge in [0.15, 0.2) is 0 Å². The van der Waals surface area contributed by atoms with Gasteiger partial charge in [-0.25, -0.2) is 8.42 Å². The van der Waals surface area contributed by atoms with Gasteiger partial charge in [-0.15, -0.1) is 0 Å². The number of nitro groups is 1. The van der Waals surface area contributed by atoms with E-state index in [9.17, 15) is 23.3 Å². The summed E-state index contributed by atoms with van der Waals surface area (Å²) in [5, 5.41) is 14.9. The normalized spacial score (nSPS) is 17.8. The first-order valence-electron chi connectivity index (χ1n) is 13.0. The van der Waals surface area contributed by atoms with Gasteiger partial charge < -0.3 is 9.64 Å². The predicted molar refractivity (Wildman–Crippen MR) is 152 cm³/mol. The van der Waals surface area contributed by atoms with Gasteiger partial charge in [-0.3, -0.25) is 14.9 Å². The molecule has 2 aliphatic rings. The first kappa shape index (κ1) is 28.1. The lowest BCUT2D eigenvalue weighted by molar-refractivity contribution is -0.384. The average molecular weight is 588 g/mol. The van der Waals surface area contributed by atoms with Crippen LogP contribution in [0.25, 0.3) is 5.69 Å². The summed E-state index contributed by atoms with van der Waals surface area (Å²) in [6.07, 6.45) is 3.63. The molecule has 2 fully saturated rings. The number of nitrogens with zero attached hydrogens (tertiary/aromatic N) is 5. The maximum absolute atomic E-state index is 13.6. The Morgan fingerprint density at radius 1 is 1.12 bits per heavy atom. The highest BCUT2D eigenvalue weighted by molar-refractivity contribution is 7.89. The van der Waals surface area contributed by atoms with Crippen molar-refractivity contribution in [3.8, 4) is 11.4 Å². The van der Waals surface area contributed by atoms with Crippen molar-refractivity contribution in [2.24, 2.45) is 5.41 Å². The number of nitro benzene ring substituents is 1. The lowest BCUT2D eigenvalue weighted by atomic mass is 10.1. The van der Waals surface area contributed by atoms with Crippen molar-refractivity contribution in [1.29, 1.82) is 0 Å². The Balaban J connectivity index is 1.36. The van der Waals surface area contributed by atoms with Crippen LogP contribution in [-0.4, -0.2) is 60.2 Å². The summed E-state index contributed by atoms with van der Waals surface area (Å²) in [4.78, 5) is 25.9. The van der Waals surface area contributed by atoms with Gasteiger partial charge in [0, 0.05) is 48.7 Å². The fourth-order valence-electron chi connectivity index (χ4n) is 4.63. The summed E-state index contributed by atoms with van der Waals surface area (Å²) in [6, 6.07) is 12.4. The molecule has 1 saturated heterocycles. The zero-order chi connectivity index (χ0) is 28.7. The molecule has 1 unspecified atom stereocenters. The standard InChI is InChI=1S/C27H30ClN5O6S/c1-19(20-6-8-22(9-7-20)33(35)36)40(37,38)31-14-12-30(13-15-31)24-17-29-32(23-5-3-4-21(28)16-23)26(34)25(24)39-18-27(2)10-11-27/h3-9,16-17,19H,10-15,18H2,1-2H3. The number of hydrogen-bond donors (Lipinski definition) is 0. The van der Waals surface area contributed by atoms with Gasteiger partial charge in [0.25, 0.3) is 5.69 Å². The highest BCUT2D eigenvalue weighted by Gasteiger charge is 2.39. The first-order valence-corrected chi connectivity index (χ1v) is 14.9. The molecule has 0 spiro atoms. The van der Waals surface area contributed by atoms with Crippen molar-refractivity contribution < 1.29 is 18.1 Å². The summed E-state index contributed by atoms with van der Waals surface area (Å²) in [5.41, 5.74) is 1.04. The van der Waals surface area contributed by atoms with Crippen molar-refractivity contribution in [1.82, 2.24) is 14.1 Å². The zero-order valence-corrected chi connectivity index (χ0v) is 23.8. The number of halogens is 1. The van der Waals surface area contributed by atoms with Crippen molar-refractivity contribution in [3.63, 3.8) is 0 Å². The average Bonchev–Trinajstić information content (AvgIpc) is 3.69. The molecule has 0 bridgehead atoms. The molecule has 40 heavy (non-hydrogen) atoms. The maximum Gasteiger partial charge on any atom is 0.316 e. The first-order chi connectivity index (χ1) is 19.0. The second-order valence-corrected chi connectivity index (χ2v) is 13.3. The molecule has 1 saturated carbocycles. The van der Waals surface area contributed by atoms with Crippen molar-refractivity contribution in [2.45, 2.75) is 31.9 Å². The molecule has 1 aliphatic heterocycles. The van der Waals surface area contributed by atoms with Gasteiger partial charge >= 0.3 is 5.56 Å². The monoisotopic (exact) mass is 587 g/mol. The molecule has 1 aromatic heterocycles. The van der Waals surface area contributed by atoms with Crippen LogP contribution in [0.5, 0.6) is 5.75 Å². The number of piperazine rings is 1. The van der Waals surface area contributed by atoms with Gasteiger partial charge in [-0.05, 0) is 43.5 Å². The Bertz CT molecular complexity index is 1580. The van der Waals surface area contributed by atoms with E-state index in [0.29, 0.717) is 41.7 Å². The zero-order valence-electron chi connectivity index (χ0n) is 22.2. The molecule has 0 N–H and O–H groups in total. The minimum atomic E-state index is -3.73. The van der Waals surface area contributed by atoms with E-state index < -0.39 is 25.8 Å². The molecule has 1 atom stereocenters. The predicted octanol–water partition coefficient (Wildman–Crippen LogP) is 4.19. The Morgan fingerprint density at radius 2 is 1.80 bits per heavy atom. The molecule has 13 heteroatoms. The molecule has 2 aromatic carbocycles. The third kappa shape index (κ3) is 5.70. The van der Waals surface area contributed by atoms with Gasteiger partial charge in [0.2, 0.25) is 15.8 Å². The number of aromatic nitrogens is 2. The van der Waals surface area contributed by atoms with E-state index in [0.717, 1.165) is 12.8 Å². The van der Waals surface area contributed by atoms with Crippen LogP contribution in [0.2, 0.25) is 5.02 Å². The van der Waals surface area contributed by atoms with Gasteiger partial charge in [-0.2, -0.15) is 14.1 Å². The lowest BCUT2D eigenvalue weighted by Crippen LogP contribution is -2.50. The Hall–Kier alpha value is -3.48. The van der Waals surface area contributed by atoms with E-state index in [-0.39, 0.29) is 29.9 Å². The Morgan fingerprint density at radius 3 is 2.40 bits per heavy atom. The SMILES string of the molecule is CC(c1ccc([N+](=O)[O-])cc1)S(=O)(=O)N1CCN(c2cnn(-c3cccc(Cl)c3)c(=O)c2OCC2(C)CC2)CC1. The third-order valence-electron chi connectivity index (χ3n) is 7.60. The van der Waals surface area contributed by atoms with Crippen LogP contribution >= 0.6 is 11.6 Å². The topological polar surface area (TPSA) is 128 Å². The maximum atomic E-state index is 13.6. The van der Waals surface area contributed by atoms with E-state index in [2.05, 4.69) is 12.0 Å². The van der Waals surface area contributed by atoms with E-state index in [1.165, 1.54) is 33.3 Å². The molecule has 3 aromatic rings. The molecular formula is C27H30ClN5O6S. The summed E-state index contributed by atoms with van der Waals surface area (Å²) in [5.74, 6) is 0.179. The number of rotatable bonds is 9. The van der Waals surface area contributed by atoms with E-state index >= 15 is 0 Å². The van der Waals surface area contributed by atoms with Crippen LogP contribution < -0.4 is 15.2 Å². The number of ether oxygens (including phenoxy) is 1. The van der Waals surface area contributed by atoms with Crippen molar-refractivity contribution in [2.75, 3.05) is 37.7 Å². The molecule has 5 rings (SSSR count). The van der Waals surface area contributed by atoms with E-state index in [1.807, 2.05) is 4.90 Å². The summed E-state index contributed by atoms with van der Waals surface area (Å²) >= 11 is 6.14. The largest absolute Gasteiger partial charge is 0.486 e. The number of sulfonamides is 1. The number of hydrogen-bond acceptors (Lipinski definition) is 8. The number of benzene rings is 2. The minimum Gasteiger partial charge on any atom is -0.486 e. The summed E-state index contributed by atoms with van der Waals surface area (Å²) < 4.78 is 35.6. The quantitative estimate of drug-likeness (QED) is 0.269. The van der Waals surface area contributed by atoms with Gasteiger partial charge in [-0.1, -0.05) is 36.7 Å². The highest BCUT2D eigenvalue weighted by atomic mass is 35.5. The van der Waals surface area contributed by atoms with E-state index in [1.54, 1.807) is 37.4 Å². The van der Waals surface area contributed by atoms with Crippen molar-refractivity contribution in [3.05, 3.63) is 85.8 Å². The molecule has 11 nitrogen and oxygen atoms in total. The third-order valence-corrected chi connectivity index (χ3v) is 10.1. The fourth-order valence-corrected chi connectivity index (χ4v) is 6.44. The van der Waals surface area contributed by atoms with Crippen LogP contribution in [0, 0.1) is 15.5 Å². The molecule has 1 aliphatic carbocycles. The smallest absolute Gasteiger partial charge is 0.316 e. The van der Waals surface area contributed by atoms with Crippen LogP contribution in [-0.2, 0) is 10.0 Å². The lowest BCUT2D eigenvalue weighted by Gasteiger charge is -2.37. The molecule has 212 valence electrons. The molecule has 2 heterocycles. The minimum absolute atomic E-state index is 0.0364. The van der Waals surface area contributed by atoms with Crippen LogP contribution in [0.3, 0.4) is 0 Å². The Kier molecular flexibility index (Phi) is 7.60. The Labute approximate surface area is 237 Å². The van der Waals surface area contributed by atoms with E-state index in [4.69, 9.17) is 16.3 Å². The highest BCUT2D eigenvalue weighted by Crippen LogP contribution is 2.45. The number of non-ortho nitro benzene ring substituents is 1. The van der Waals surface area contributed by atoms with Crippen molar-refractivity contribution >= 4 is 33.0 Å².